The Bertz CT molecular complexity index is 266. The Hall–Kier alpha value is -0.510. The number of rotatable bonds is 1. The van der Waals surface area contributed by atoms with E-state index in [2.05, 4.69) is 8.92 Å². The number of esters is 1. The van der Waals surface area contributed by atoms with E-state index in [0.717, 1.165) is 6.92 Å². The van der Waals surface area contributed by atoms with Crippen LogP contribution in [0, 0.1) is 0 Å². The van der Waals surface area contributed by atoms with Crippen LogP contribution in [0.5, 0.6) is 0 Å². The molecule has 0 spiro atoms. The molecule has 0 saturated carbocycles. The molecule has 0 amide bonds. The summed E-state index contributed by atoms with van der Waals surface area (Å²) < 4.78 is 63.0. The average molecular weight is 250 g/mol. The van der Waals surface area contributed by atoms with E-state index in [1.807, 2.05) is 0 Å². The van der Waals surface area contributed by atoms with Gasteiger partial charge in [-0.1, -0.05) is 0 Å². The summed E-state index contributed by atoms with van der Waals surface area (Å²) in [4.78, 5) is 10.5. The van der Waals surface area contributed by atoms with Gasteiger partial charge in [0, 0.05) is 6.92 Å². The molecule has 15 heavy (non-hydrogen) atoms. The van der Waals surface area contributed by atoms with E-state index in [1.54, 1.807) is 0 Å². The Balaban J connectivity index is 2.79. The molecule has 0 aromatic heterocycles. The van der Waals surface area contributed by atoms with Gasteiger partial charge in [0.2, 0.25) is 6.10 Å². The van der Waals surface area contributed by atoms with Crippen molar-refractivity contribution >= 4 is 16.8 Å². The zero-order chi connectivity index (χ0) is 11.9. The van der Waals surface area contributed by atoms with Gasteiger partial charge in [-0.2, -0.15) is 13.2 Å². The Morgan fingerprint density at radius 2 is 2.07 bits per heavy atom. The number of carbonyl (C=O) groups excluding carboxylic acids is 1. The van der Waals surface area contributed by atoms with Crippen LogP contribution in [0.4, 0.5) is 13.2 Å². The molecule has 0 bridgehead atoms. The molecule has 0 aromatic rings. The SMILES string of the molecule is CC(=O)OC1CS(O)(O)OC1C(F)(F)F. The van der Waals surface area contributed by atoms with E-state index in [9.17, 15) is 18.0 Å². The van der Waals surface area contributed by atoms with Gasteiger partial charge in [-0.3, -0.25) is 8.98 Å². The van der Waals surface area contributed by atoms with Gasteiger partial charge in [-0.25, -0.2) is 0 Å². The van der Waals surface area contributed by atoms with E-state index < -0.39 is 41.0 Å². The summed E-state index contributed by atoms with van der Waals surface area (Å²) in [6.07, 6.45) is -8.99. The second-order valence-corrected chi connectivity index (χ2v) is 4.72. The van der Waals surface area contributed by atoms with Gasteiger partial charge in [0.1, 0.15) is 0 Å². The van der Waals surface area contributed by atoms with Crippen LogP contribution in [0.2, 0.25) is 0 Å². The van der Waals surface area contributed by atoms with Crippen molar-refractivity contribution in [1.82, 2.24) is 0 Å². The predicted molar refractivity (Wildman–Crippen MR) is 44.2 cm³/mol. The zero-order valence-electron chi connectivity index (χ0n) is 7.52. The van der Waals surface area contributed by atoms with Crippen LogP contribution >= 0.6 is 10.9 Å². The topological polar surface area (TPSA) is 76.0 Å². The van der Waals surface area contributed by atoms with Gasteiger partial charge in [0.25, 0.3) is 0 Å². The lowest BCUT2D eigenvalue weighted by Gasteiger charge is -2.21. The van der Waals surface area contributed by atoms with Crippen molar-refractivity contribution in [3.63, 3.8) is 0 Å². The molecule has 2 unspecified atom stereocenters. The van der Waals surface area contributed by atoms with Crippen LogP contribution in [0.15, 0.2) is 0 Å². The number of hydrogen-bond donors (Lipinski definition) is 2. The van der Waals surface area contributed by atoms with Crippen LogP contribution in [0.25, 0.3) is 0 Å². The predicted octanol–water partition coefficient (Wildman–Crippen LogP) is 1.54. The summed E-state index contributed by atoms with van der Waals surface area (Å²) in [5.41, 5.74) is 0. The zero-order valence-corrected chi connectivity index (χ0v) is 8.34. The minimum absolute atomic E-state index is 0.753. The number of alkyl halides is 3. The second kappa shape index (κ2) is 3.81. The molecule has 1 aliphatic rings. The quantitative estimate of drug-likeness (QED) is 0.690. The molecular formula is C6H9F3O5S. The number of hydrogen-bond acceptors (Lipinski definition) is 5. The van der Waals surface area contributed by atoms with Gasteiger partial charge in [-0.05, 0) is 0 Å². The molecule has 1 heterocycles. The first-order valence-electron chi connectivity index (χ1n) is 3.80. The van der Waals surface area contributed by atoms with Gasteiger partial charge < -0.3 is 13.8 Å². The minimum Gasteiger partial charge on any atom is -0.458 e. The van der Waals surface area contributed by atoms with Gasteiger partial charge >= 0.3 is 12.1 Å². The molecule has 90 valence electrons. The van der Waals surface area contributed by atoms with Crippen LogP contribution < -0.4 is 0 Å². The van der Waals surface area contributed by atoms with Crippen molar-refractivity contribution in [3.05, 3.63) is 0 Å². The smallest absolute Gasteiger partial charge is 0.419 e. The summed E-state index contributed by atoms with van der Waals surface area (Å²) in [6.45, 7) is 0.928. The lowest BCUT2D eigenvalue weighted by Crippen LogP contribution is -2.40. The number of ether oxygens (including phenoxy) is 1. The highest BCUT2D eigenvalue weighted by Gasteiger charge is 2.57. The lowest BCUT2D eigenvalue weighted by atomic mass is 10.2. The van der Waals surface area contributed by atoms with Crippen molar-refractivity contribution in [2.75, 3.05) is 5.75 Å². The van der Waals surface area contributed by atoms with Crippen molar-refractivity contribution in [2.45, 2.75) is 25.3 Å². The third kappa shape index (κ3) is 3.23. The fourth-order valence-electron chi connectivity index (χ4n) is 1.14. The van der Waals surface area contributed by atoms with Crippen molar-refractivity contribution in [1.29, 1.82) is 0 Å². The van der Waals surface area contributed by atoms with E-state index in [4.69, 9.17) is 9.11 Å². The summed E-state index contributed by atoms with van der Waals surface area (Å²) in [5, 5.41) is 0. The monoisotopic (exact) mass is 250 g/mol. The molecule has 1 fully saturated rings. The number of halogens is 3. The first-order chi connectivity index (χ1) is 6.62. The van der Waals surface area contributed by atoms with Crippen LogP contribution in [-0.2, 0) is 13.7 Å². The molecule has 1 aliphatic heterocycles. The van der Waals surface area contributed by atoms with Crippen LogP contribution in [0.1, 0.15) is 6.92 Å². The average Bonchev–Trinajstić information content (AvgIpc) is 2.22. The maximum absolute atomic E-state index is 12.3. The molecule has 1 rings (SSSR count). The Morgan fingerprint density at radius 1 is 1.53 bits per heavy atom. The summed E-state index contributed by atoms with van der Waals surface area (Å²) in [5.74, 6) is -1.69. The van der Waals surface area contributed by atoms with Gasteiger partial charge in [0.05, 0.1) is 16.6 Å². The Morgan fingerprint density at radius 3 is 2.47 bits per heavy atom. The van der Waals surface area contributed by atoms with E-state index >= 15 is 0 Å². The summed E-state index contributed by atoms with van der Waals surface area (Å²) in [6, 6.07) is 0. The maximum atomic E-state index is 12.3. The first-order valence-corrected chi connectivity index (χ1v) is 5.44. The standard InChI is InChI=1S/C6H9F3O5S/c1-3(10)13-4-2-15(11,12)14-5(4)6(7,8)9/h4-5,11-12H,2H2,1H3. The highest BCUT2D eigenvalue weighted by Crippen LogP contribution is 2.52. The van der Waals surface area contributed by atoms with Crippen LogP contribution in [0.3, 0.4) is 0 Å². The fourth-order valence-corrected chi connectivity index (χ4v) is 2.46. The second-order valence-electron chi connectivity index (χ2n) is 2.98. The summed E-state index contributed by atoms with van der Waals surface area (Å²) in [7, 11) is -3.77. The molecule has 5 nitrogen and oxygen atoms in total. The van der Waals surface area contributed by atoms with E-state index in [1.165, 1.54) is 0 Å². The molecular weight excluding hydrogens is 241 g/mol. The van der Waals surface area contributed by atoms with Crippen LogP contribution in [-0.4, -0.2) is 39.2 Å². The number of carbonyl (C=O) groups is 1. The third-order valence-corrected chi connectivity index (χ3v) is 2.90. The molecule has 2 N–H and O–H groups in total. The molecule has 0 aromatic carbocycles. The van der Waals surface area contributed by atoms with Gasteiger partial charge in [-0.15, -0.1) is 0 Å². The largest absolute Gasteiger partial charge is 0.458 e. The van der Waals surface area contributed by atoms with Crippen molar-refractivity contribution < 1.29 is 36.0 Å². The first kappa shape index (κ1) is 12.6. The normalized spacial score (nSPS) is 32.4. The highest BCUT2D eigenvalue weighted by atomic mass is 32.3. The molecule has 9 heteroatoms. The Kier molecular flexibility index (Phi) is 3.19. The molecule has 0 radical (unpaired) electrons. The van der Waals surface area contributed by atoms with Crippen molar-refractivity contribution in [3.8, 4) is 0 Å². The Labute approximate surface area is 84.7 Å². The molecule has 2 atom stereocenters. The highest BCUT2D eigenvalue weighted by molar-refractivity contribution is 8.20. The third-order valence-electron chi connectivity index (χ3n) is 1.62. The molecule has 0 aliphatic carbocycles. The lowest BCUT2D eigenvalue weighted by molar-refractivity contribution is -0.216. The minimum atomic E-state index is -4.81. The van der Waals surface area contributed by atoms with Gasteiger partial charge in [0.15, 0.2) is 6.10 Å². The van der Waals surface area contributed by atoms with Crippen molar-refractivity contribution in [2.24, 2.45) is 0 Å². The fraction of sp³-hybridized carbons (Fsp3) is 0.833. The van der Waals surface area contributed by atoms with E-state index in [0.29, 0.717) is 0 Å². The van der Waals surface area contributed by atoms with E-state index in [-0.39, 0.29) is 0 Å². The summed E-state index contributed by atoms with van der Waals surface area (Å²) >= 11 is 0. The molecule has 1 saturated heterocycles. The maximum Gasteiger partial charge on any atom is 0.419 e.